The van der Waals surface area contributed by atoms with Crippen molar-refractivity contribution in [3.8, 4) is 50.5 Å². The number of aromatic nitrogens is 4. The van der Waals surface area contributed by atoms with E-state index in [1.807, 2.05) is 0 Å². The highest BCUT2D eigenvalue weighted by Gasteiger charge is 2.52. The summed E-state index contributed by atoms with van der Waals surface area (Å²) in [5.41, 5.74) is 16.8. The van der Waals surface area contributed by atoms with Crippen molar-refractivity contribution in [1.82, 2.24) is 19.5 Å². The Balaban J connectivity index is 1.11. The maximum atomic E-state index is 4.76. The molecular weight excluding hydrogens is 753 g/mol. The van der Waals surface area contributed by atoms with Gasteiger partial charge in [-0.25, -0.2) is 15.0 Å². The fraction of sp³-hybridized carbons (Fsp3) is 0.0172. The van der Waals surface area contributed by atoms with Gasteiger partial charge < -0.3 is 0 Å². The van der Waals surface area contributed by atoms with Crippen LogP contribution in [0.25, 0.3) is 105 Å². The van der Waals surface area contributed by atoms with Crippen molar-refractivity contribution in [1.29, 1.82) is 0 Å². The molecule has 2 aliphatic rings. The molecule has 12 aromatic rings. The Bertz CT molecular complexity index is 3810. The topological polar surface area (TPSA) is 43.6 Å². The zero-order chi connectivity index (χ0) is 40.5. The Morgan fingerprint density at radius 3 is 1.52 bits per heavy atom. The first-order valence-corrected chi connectivity index (χ1v) is 21.2. The van der Waals surface area contributed by atoms with Gasteiger partial charge >= 0.3 is 0 Å². The van der Waals surface area contributed by atoms with Crippen LogP contribution < -0.4 is 0 Å². The normalized spacial score (nSPS) is 14.8. The van der Waals surface area contributed by atoms with E-state index in [9.17, 15) is 0 Å². The molecule has 0 saturated carbocycles. The third-order valence-electron chi connectivity index (χ3n) is 13.8. The van der Waals surface area contributed by atoms with Gasteiger partial charge in [0.15, 0.2) is 0 Å². The summed E-state index contributed by atoms with van der Waals surface area (Å²) in [7, 11) is 0. The first-order chi connectivity index (χ1) is 30.8. The van der Waals surface area contributed by atoms with Crippen LogP contribution >= 0.6 is 0 Å². The molecule has 0 bridgehead atoms. The van der Waals surface area contributed by atoms with Gasteiger partial charge in [0, 0.05) is 10.8 Å². The minimum atomic E-state index is -0.581. The average Bonchev–Trinajstić information content (AvgIpc) is 3.92. The molecule has 0 N–H and O–H groups in total. The lowest BCUT2D eigenvalue weighted by Crippen LogP contribution is -2.26. The van der Waals surface area contributed by atoms with Crippen molar-refractivity contribution >= 4 is 54.1 Å². The van der Waals surface area contributed by atoms with E-state index in [1.165, 1.54) is 110 Å². The van der Waals surface area contributed by atoms with Gasteiger partial charge in [-0.1, -0.05) is 164 Å². The quantitative estimate of drug-likeness (QED) is 0.168. The molecule has 4 nitrogen and oxygen atoms in total. The van der Waals surface area contributed by atoms with E-state index in [0.717, 1.165) is 11.0 Å². The van der Waals surface area contributed by atoms with Crippen molar-refractivity contribution in [3.63, 3.8) is 0 Å². The molecule has 286 valence electrons. The monoisotopic (exact) mass is 786 g/mol. The number of nitrogens with zero attached hydrogens (tertiary/aromatic N) is 4. The van der Waals surface area contributed by atoms with Gasteiger partial charge in [-0.15, -0.1) is 0 Å². The molecule has 1 spiro atoms. The van der Waals surface area contributed by atoms with Gasteiger partial charge in [0.2, 0.25) is 5.95 Å². The van der Waals surface area contributed by atoms with Crippen LogP contribution in [0.2, 0.25) is 0 Å². The van der Waals surface area contributed by atoms with Crippen LogP contribution in [0.4, 0.5) is 0 Å². The molecule has 0 radical (unpaired) electrons. The first-order valence-electron chi connectivity index (χ1n) is 21.2. The van der Waals surface area contributed by atoms with Gasteiger partial charge in [0.1, 0.15) is 12.7 Å². The van der Waals surface area contributed by atoms with E-state index in [1.54, 1.807) is 12.7 Å². The molecule has 1 atom stereocenters. The molecule has 14 rings (SSSR count). The van der Waals surface area contributed by atoms with E-state index in [2.05, 4.69) is 204 Å². The van der Waals surface area contributed by atoms with Crippen LogP contribution in [0, 0.1) is 0 Å². The summed E-state index contributed by atoms with van der Waals surface area (Å²) < 4.78 is 2.24. The zero-order valence-corrected chi connectivity index (χ0v) is 33.4. The number of hydrogen-bond donors (Lipinski definition) is 0. The van der Waals surface area contributed by atoms with Gasteiger partial charge in [0.25, 0.3) is 0 Å². The van der Waals surface area contributed by atoms with Crippen molar-refractivity contribution in [2.24, 2.45) is 0 Å². The van der Waals surface area contributed by atoms with Crippen LogP contribution in [0.3, 0.4) is 0 Å². The lowest BCUT2D eigenvalue weighted by molar-refractivity contribution is 0.794. The molecule has 10 aromatic carbocycles. The molecule has 0 fully saturated rings. The van der Waals surface area contributed by atoms with Gasteiger partial charge in [-0.05, 0) is 129 Å². The minimum Gasteiger partial charge on any atom is -0.278 e. The van der Waals surface area contributed by atoms with E-state index >= 15 is 0 Å². The molecule has 0 aliphatic heterocycles. The number of rotatable bonds is 3. The maximum Gasteiger partial charge on any atom is 0.237 e. The van der Waals surface area contributed by atoms with Crippen molar-refractivity contribution < 1.29 is 0 Å². The number of benzene rings is 10. The fourth-order valence-corrected chi connectivity index (χ4v) is 11.4. The van der Waals surface area contributed by atoms with Crippen LogP contribution in [-0.4, -0.2) is 19.5 Å². The van der Waals surface area contributed by atoms with Gasteiger partial charge in [-0.2, -0.15) is 0 Å². The Hall–Kier alpha value is -8.21. The third-order valence-corrected chi connectivity index (χ3v) is 13.8. The minimum absolute atomic E-state index is 0.581. The van der Waals surface area contributed by atoms with Crippen LogP contribution in [-0.2, 0) is 5.41 Å². The first kappa shape index (κ1) is 33.6. The second kappa shape index (κ2) is 12.4. The van der Waals surface area contributed by atoms with Crippen LogP contribution in [0.5, 0.6) is 0 Å². The molecule has 0 amide bonds. The Morgan fingerprint density at radius 2 is 0.839 bits per heavy atom. The highest BCUT2D eigenvalue weighted by Crippen LogP contribution is 2.64. The molecule has 0 saturated heterocycles. The summed E-state index contributed by atoms with van der Waals surface area (Å²) in [5.74, 6) is 0.604. The molecule has 2 aromatic heterocycles. The number of hydrogen-bond acceptors (Lipinski definition) is 3. The van der Waals surface area contributed by atoms with Crippen molar-refractivity contribution in [2.45, 2.75) is 5.41 Å². The Morgan fingerprint density at radius 1 is 0.339 bits per heavy atom. The second-order valence-corrected chi connectivity index (χ2v) is 16.7. The lowest BCUT2D eigenvalue weighted by Gasteiger charge is -2.31. The Labute approximate surface area is 357 Å². The van der Waals surface area contributed by atoms with Crippen LogP contribution in [0.1, 0.15) is 22.3 Å². The van der Waals surface area contributed by atoms with E-state index in [4.69, 9.17) is 9.97 Å². The summed E-state index contributed by atoms with van der Waals surface area (Å²) >= 11 is 0. The summed E-state index contributed by atoms with van der Waals surface area (Å²) in [6.45, 7) is 0. The molecule has 4 heteroatoms. The molecular formula is C58H34N4. The Kier molecular flexibility index (Phi) is 6.73. The van der Waals surface area contributed by atoms with Crippen LogP contribution in [0.15, 0.2) is 207 Å². The molecule has 62 heavy (non-hydrogen) atoms. The highest BCUT2D eigenvalue weighted by molar-refractivity contribution is 6.22. The maximum absolute atomic E-state index is 4.76. The highest BCUT2D eigenvalue weighted by atomic mass is 15.2. The van der Waals surface area contributed by atoms with Gasteiger partial charge in [0.05, 0.1) is 16.4 Å². The molecule has 2 aliphatic carbocycles. The fourth-order valence-electron chi connectivity index (χ4n) is 11.4. The standard InChI is InChI=1S/C58H34N4/c1-2-14-35(15-3-1)55-42-20-6-8-22-44(42)56(45-23-9-7-21-43(45)55)38-26-27-41-39-18-10-12-24-49(39)58(51(41)29-38)50-25-13-11-19-40(50)46-31-48-47-28-36-16-4-5-17-37(36)30-53(47)62(54(48)32-52(46)58)57-60-33-59-34-61-57/h1-34H. The summed E-state index contributed by atoms with van der Waals surface area (Å²) in [6.07, 6.45) is 3.19. The van der Waals surface area contributed by atoms with Crippen molar-refractivity contribution in [2.75, 3.05) is 0 Å². The number of fused-ring (bicyclic) bond motifs is 16. The summed E-state index contributed by atoms with van der Waals surface area (Å²) in [5, 5.41) is 9.73. The largest absolute Gasteiger partial charge is 0.278 e. The molecule has 1 unspecified atom stereocenters. The van der Waals surface area contributed by atoms with E-state index in [0.29, 0.717) is 5.95 Å². The van der Waals surface area contributed by atoms with E-state index < -0.39 is 5.41 Å². The van der Waals surface area contributed by atoms with E-state index in [-0.39, 0.29) is 0 Å². The molecule has 2 heterocycles. The zero-order valence-electron chi connectivity index (χ0n) is 33.4. The van der Waals surface area contributed by atoms with Crippen molar-refractivity contribution in [3.05, 3.63) is 229 Å². The lowest BCUT2D eigenvalue weighted by atomic mass is 9.70. The smallest absolute Gasteiger partial charge is 0.237 e. The predicted octanol–water partition coefficient (Wildman–Crippen LogP) is 14.1. The second-order valence-electron chi connectivity index (χ2n) is 16.7. The van der Waals surface area contributed by atoms with Gasteiger partial charge in [-0.3, -0.25) is 4.57 Å². The average molecular weight is 787 g/mol. The summed E-state index contributed by atoms with van der Waals surface area (Å²) in [4.78, 5) is 13.7. The third kappa shape index (κ3) is 4.32. The SMILES string of the molecule is c1ccc(-c2c3ccccc3c(-c3ccc4c(c3)C3(c5ccccc5-4)c4ccccc4-c4cc5c6cc7ccccc7cc6n(-c6ncncn6)c5cc43)c3ccccc23)cc1. The summed E-state index contributed by atoms with van der Waals surface area (Å²) in [6, 6.07) is 72.3. The predicted molar refractivity (Wildman–Crippen MR) is 254 cm³/mol.